The van der Waals surface area contributed by atoms with Gasteiger partial charge in [0.1, 0.15) is 24.8 Å². The first-order valence-corrected chi connectivity index (χ1v) is 5.37. The van der Waals surface area contributed by atoms with Crippen LogP contribution in [0.15, 0.2) is 17.1 Å². The lowest BCUT2D eigenvalue weighted by atomic mass is 10.1. The second-order valence-electron chi connectivity index (χ2n) is 3.85. The minimum absolute atomic E-state index is 0.0963. The highest BCUT2D eigenvalue weighted by atomic mass is 16.5. The van der Waals surface area contributed by atoms with Gasteiger partial charge in [-0.25, -0.2) is 4.79 Å². The predicted octanol–water partition coefficient (Wildman–Crippen LogP) is -2.10. The molecular weight excluding hydrogens is 242 g/mol. The minimum Gasteiger partial charge on any atom is -0.394 e. The van der Waals surface area contributed by atoms with E-state index in [0.717, 1.165) is 4.57 Å². The van der Waals surface area contributed by atoms with Gasteiger partial charge in [-0.3, -0.25) is 4.57 Å². The van der Waals surface area contributed by atoms with Crippen molar-refractivity contribution >= 4 is 5.82 Å². The third-order valence-corrected chi connectivity index (χ3v) is 2.38. The topological polar surface area (TPSA) is 131 Å². The molecule has 0 radical (unpaired) electrons. The summed E-state index contributed by atoms with van der Waals surface area (Å²) in [5, 5.41) is 27.7. The molecule has 1 heterocycles. The highest BCUT2D eigenvalue weighted by Crippen LogP contribution is 2.04. The number of aliphatic hydroxyl groups excluding tert-OH is 3. The molecule has 8 nitrogen and oxygen atoms in total. The highest BCUT2D eigenvalue weighted by molar-refractivity contribution is 5.23. The molecule has 0 fully saturated rings. The van der Waals surface area contributed by atoms with Crippen LogP contribution in [0.25, 0.3) is 0 Å². The largest absolute Gasteiger partial charge is 0.394 e. The Bertz CT molecular complexity index is 434. The van der Waals surface area contributed by atoms with Crippen LogP contribution in [0.2, 0.25) is 0 Å². The van der Waals surface area contributed by atoms with E-state index in [1.165, 1.54) is 19.2 Å². The van der Waals surface area contributed by atoms with Crippen molar-refractivity contribution in [2.24, 2.45) is 0 Å². The van der Waals surface area contributed by atoms with Crippen LogP contribution >= 0.6 is 0 Å². The van der Waals surface area contributed by atoms with Crippen molar-refractivity contribution in [3.63, 3.8) is 0 Å². The molecule has 0 aliphatic heterocycles. The maximum Gasteiger partial charge on any atom is 0.351 e. The van der Waals surface area contributed by atoms with E-state index in [2.05, 4.69) is 4.98 Å². The summed E-state index contributed by atoms with van der Waals surface area (Å²) < 4.78 is 6.26. The van der Waals surface area contributed by atoms with Gasteiger partial charge >= 0.3 is 5.69 Å². The second-order valence-corrected chi connectivity index (χ2v) is 3.85. The molecule has 0 spiro atoms. The molecule has 1 rings (SSSR count). The summed E-state index contributed by atoms with van der Waals surface area (Å²) in [6, 6.07) is 1.42. The standard InChI is InChI=1S/C10H17N3O5/c1-6(15)9(16)7(4-14)18-5-13-3-2-8(11)12-10(13)17/h2-3,6-7,9,14-16H,4-5H2,1H3,(H2,11,12,17). The SMILES string of the molecule is CC(O)C(O)C(CO)OCn1ccc(N)nc1=O. The van der Waals surface area contributed by atoms with Crippen LogP contribution in [0.5, 0.6) is 0 Å². The predicted molar refractivity (Wildman–Crippen MR) is 62.6 cm³/mol. The molecule has 0 saturated carbocycles. The molecule has 3 unspecified atom stereocenters. The van der Waals surface area contributed by atoms with Gasteiger partial charge in [0.25, 0.3) is 0 Å². The summed E-state index contributed by atoms with van der Waals surface area (Å²) >= 11 is 0. The fourth-order valence-corrected chi connectivity index (χ4v) is 1.29. The lowest BCUT2D eigenvalue weighted by Crippen LogP contribution is -2.41. The summed E-state index contributed by atoms with van der Waals surface area (Å²) in [6.07, 6.45) is -1.90. The number of anilines is 1. The molecule has 1 aromatic rings. The number of hydrogen-bond donors (Lipinski definition) is 4. The molecule has 0 saturated heterocycles. The van der Waals surface area contributed by atoms with Crippen LogP contribution in [0.4, 0.5) is 5.82 Å². The Kier molecular flexibility index (Phi) is 5.23. The molecule has 0 aliphatic carbocycles. The van der Waals surface area contributed by atoms with Crippen molar-refractivity contribution in [1.29, 1.82) is 0 Å². The number of nitrogen functional groups attached to an aromatic ring is 1. The van der Waals surface area contributed by atoms with Crippen molar-refractivity contribution in [3.8, 4) is 0 Å². The van der Waals surface area contributed by atoms with Gasteiger partial charge in [-0.05, 0) is 13.0 Å². The highest BCUT2D eigenvalue weighted by Gasteiger charge is 2.23. The van der Waals surface area contributed by atoms with E-state index in [0.29, 0.717) is 0 Å². The van der Waals surface area contributed by atoms with E-state index in [4.69, 9.17) is 15.6 Å². The van der Waals surface area contributed by atoms with Crippen molar-refractivity contribution in [3.05, 3.63) is 22.7 Å². The monoisotopic (exact) mass is 259 g/mol. The average Bonchev–Trinajstić information content (AvgIpc) is 2.31. The molecule has 0 aliphatic rings. The van der Waals surface area contributed by atoms with E-state index in [9.17, 15) is 15.0 Å². The molecule has 0 aromatic carbocycles. The summed E-state index contributed by atoms with van der Waals surface area (Å²) in [5.41, 5.74) is 4.72. The van der Waals surface area contributed by atoms with Crippen molar-refractivity contribution in [2.75, 3.05) is 12.3 Å². The van der Waals surface area contributed by atoms with Gasteiger partial charge in [0.05, 0.1) is 12.7 Å². The number of nitrogens with zero attached hydrogens (tertiary/aromatic N) is 2. The van der Waals surface area contributed by atoms with Crippen molar-refractivity contribution < 1.29 is 20.1 Å². The number of aliphatic hydroxyl groups is 3. The molecule has 3 atom stereocenters. The van der Waals surface area contributed by atoms with Gasteiger partial charge in [0.2, 0.25) is 0 Å². The lowest BCUT2D eigenvalue weighted by Gasteiger charge is -2.23. The van der Waals surface area contributed by atoms with Gasteiger partial charge in [0, 0.05) is 6.20 Å². The Hall–Kier alpha value is -1.48. The Balaban J connectivity index is 2.65. The van der Waals surface area contributed by atoms with Gasteiger partial charge in [0.15, 0.2) is 0 Å². The van der Waals surface area contributed by atoms with Crippen molar-refractivity contribution in [1.82, 2.24) is 9.55 Å². The van der Waals surface area contributed by atoms with Crippen molar-refractivity contribution in [2.45, 2.75) is 32.0 Å². The summed E-state index contributed by atoms with van der Waals surface area (Å²) in [7, 11) is 0. The number of ether oxygens (including phenoxy) is 1. The van der Waals surface area contributed by atoms with Crippen LogP contribution in [-0.2, 0) is 11.5 Å². The Morgan fingerprint density at radius 3 is 2.72 bits per heavy atom. The summed E-state index contributed by atoms with van der Waals surface area (Å²) in [6.45, 7) is 0.679. The number of nitrogens with two attached hydrogens (primary N) is 1. The third kappa shape index (κ3) is 3.77. The van der Waals surface area contributed by atoms with Gasteiger partial charge in [-0.15, -0.1) is 0 Å². The molecule has 102 valence electrons. The number of hydrogen-bond acceptors (Lipinski definition) is 7. The van der Waals surface area contributed by atoms with Gasteiger partial charge in [-0.1, -0.05) is 0 Å². The van der Waals surface area contributed by atoms with Gasteiger partial charge < -0.3 is 25.8 Å². The van der Waals surface area contributed by atoms with E-state index < -0.39 is 30.6 Å². The third-order valence-electron chi connectivity index (χ3n) is 2.38. The fraction of sp³-hybridized carbons (Fsp3) is 0.600. The summed E-state index contributed by atoms with van der Waals surface area (Å²) in [5.74, 6) is 0.0963. The number of aromatic nitrogens is 2. The zero-order valence-corrected chi connectivity index (χ0v) is 9.93. The molecular formula is C10H17N3O5. The molecule has 0 amide bonds. The molecule has 8 heteroatoms. The van der Waals surface area contributed by atoms with Gasteiger partial charge in [-0.2, -0.15) is 4.98 Å². The van der Waals surface area contributed by atoms with E-state index >= 15 is 0 Å². The molecule has 1 aromatic heterocycles. The summed E-state index contributed by atoms with van der Waals surface area (Å²) in [4.78, 5) is 14.9. The quantitative estimate of drug-likeness (QED) is 0.460. The molecule has 18 heavy (non-hydrogen) atoms. The maximum atomic E-state index is 11.4. The normalized spacial score (nSPS) is 16.2. The first-order chi connectivity index (χ1) is 8.45. The number of rotatable bonds is 6. The Morgan fingerprint density at radius 2 is 2.22 bits per heavy atom. The van der Waals surface area contributed by atoms with Crippen LogP contribution in [0.3, 0.4) is 0 Å². The molecule has 5 N–H and O–H groups in total. The van der Waals surface area contributed by atoms with E-state index in [1.54, 1.807) is 0 Å². The van der Waals surface area contributed by atoms with E-state index in [-0.39, 0.29) is 12.5 Å². The molecule has 0 bridgehead atoms. The van der Waals surface area contributed by atoms with Crippen LogP contribution in [0, 0.1) is 0 Å². The average molecular weight is 259 g/mol. The smallest absolute Gasteiger partial charge is 0.351 e. The lowest BCUT2D eigenvalue weighted by molar-refractivity contribution is -0.120. The fourth-order valence-electron chi connectivity index (χ4n) is 1.29. The first kappa shape index (κ1) is 14.6. The first-order valence-electron chi connectivity index (χ1n) is 5.37. The van der Waals surface area contributed by atoms with E-state index in [1.807, 2.05) is 0 Å². The Labute approximate surface area is 103 Å². The maximum absolute atomic E-state index is 11.4. The van der Waals surface area contributed by atoms with Crippen LogP contribution in [-0.4, -0.2) is 49.8 Å². The second kappa shape index (κ2) is 6.45. The zero-order chi connectivity index (χ0) is 13.7. The van der Waals surface area contributed by atoms with Crippen LogP contribution < -0.4 is 11.4 Å². The van der Waals surface area contributed by atoms with Crippen LogP contribution in [0.1, 0.15) is 6.92 Å². The zero-order valence-electron chi connectivity index (χ0n) is 9.93. The minimum atomic E-state index is -1.24. The Morgan fingerprint density at radius 1 is 1.56 bits per heavy atom.